The Labute approximate surface area is 111 Å². The Morgan fingerprint density at radius 3 is 2.50 bits per heavy atom. The Hall–Kier alpha value is -1.02. The first-order valence-electron chi connectivity index (χ1n) is 7.07. The molecule has 1 saturated carbocycles. The van der Waals surface area contributed by atoms with E-state index in [4.69, 9.17) is 4.74 Å². The number of nitrogens with one attached hydrogen (secondary N) is 1. The molecule has 0 aromatic heterocycles. The molecule has 100 valence electrons. The molecular weight excluding hydrogens is 222 g/mol. The smallest absolute Gasteiger partial charge is 0.119 e. The lowest BCUT2D eigenvalue weighted by atomic mass is 10.2. The highest BCUT2D eigenvalue weighted by atomic mass is 16.5. The van der Waals surface area contributed by atoms with Gasteiger partial charge in [0.2, 0.25) is 0 Å². The van der Waals surface area contributed by atoms with Gasteiger partial charge in [-0.1, -0.05) is 39.3 Å². The summed E-state index contributed by atoms with van der Waals surface area (Å²) in [6.07, 6.45) is 3.60. The largest absolute Gasteiger partial charge is 0.494 e. The molecule has 1 fully saturated rings. The van der Waals surface area contributed by atoms with Crippen LogP contribution in [0.4, 0.5) is 0 Å². The molecule has 0 saturated heterocycles. The minimum Gasteiger partial charge on any atom is -0.494 e. The van der Waals surface area contributed by atoms with Crippen LogP contribution < -0.4 is 10.1 Å². The van der Waals surface area contributed by atoms with E-state index in [9.17, 15) is 0 Å². The second kappa shape index (κ2) is 5.75. The van der Waals surface area contributed by atoms with Crippen LogP contribution in [0.1, 0.15) is 45.6 Å². The molecule has 0 spiro atoms. The highest BCUT2D eigenvalue weighted by Crippen LogP contribution is 2.44. The fourth-order valence-electron chi connectivity index (χ4n) is 2.09. The molecule has 1 aromatic carbocycles. The van der Waals surface area contributed by atoms with Gasteiger partial charge in [-0.05, 0) is 36.0 Å². The lowest BCUT2D eigenvalue weighted by Gasteiger charge is -2.08. The molecule has 0 radical (unpaired) electrons. The van der Waals surface area contributed by atoms with Crippen molar-refractivity contribution in [3.8, 4) is 5.75 Å². The van der Waals surface area contributed by atoms with Gasteiger partial charge in [0, 0.05) is 12.6 Å². The first-order chi connectivity index (χ1) is 8.62. The van der Waals surface area contributed by atoms with Crippen LogP contribution in [0.3, 0.4) is 0 Å². The normalized spacial score (nSPS) is 20.7. The van der Waals surface area contributed by atoms with E-state index in [0.29, 0.717) is 11.5 Å². The molecule has 1 atom stereocenters. The Kier molecular flexibility index (Phi) is 4.28. The molecule has 0 bridgehead atoms. The molecule has 18 heavy (non-hydrogen) atoms. The van der Waals surface area contributed by atoms with E-state index in [1.807, 2.05) is 0 Å². The summed E-state index contributed by atoms with van der Waals surface area (Å²) in [5.74, 6) is 0.985. The van der Waals surface area contributed by atoms with Crippen molar-refractivity contribution in [2.75, 3.05) is 6.61 Å². The van der Waals surface area contributed by atoms with Crippen LogP contribution in [-0.4, -0.2) is 12.6 Å². The Morgan fingerprint density at radius 2 is 1.94 bits per heavy atom. The standard InChI is InChI=1S/C16H25NO/c1-4-5-10-18-14-8-6-13(7-9-14)12-17-15-11-16(15,2)3/h6-9,15,17H,4-5,10-12H2,1-3H3. The molecule has 1 aromatic rings. The number of hydrogen-bond acceptors (Lipinski definition) is 2. The van der Waals surface area contributed by atoms with Crippen LogP contribution in [-0.2, 0) is 6.54 Å². The van der Waals surface area contributed by atoms with E-state index in [1.54, 1.807) is 0 Å². The number of hydrogen-bond donors (Lipinski definition) is 1. The summed E-state index contributed by atoms with van der Waals surface area (Å²) in [5, 5.41) is 3.59. The molecule has 1 N–H and O–H groups in total. The molecule has 2 heteroatoms. The van der Waals surface area contributed by atoms with E-state index >= 15 is 0 Å². The summed E-state index contributed by atoms with van der Waals surface area (Å²) in [4.78, 5) is 0. The van der Waals surface area contributed by atoms with Crippen LogP contribution in [0.15, 0.2) is 24.3 Å². The Morgan fingerprint density at radius 1 is 1.28 bits per heavy atom. The number of unbranched alkanes of at least 4 members (excludes halogenated alkanes) is 1. The van der Waals surface area contributed by atoms with Crippen molar-refractivity contribution in [1.29, 1.82) is 0 Å². The quantitative estimate of drug-likeness (QED) is 0.741. The topological polar surface area (TPSA) is 21.3 Å². The van der Waals surface area contributed by atoms with Crippen LogP contribution in [0.5, 0.6) is 5.75 Å². The summed E-state index contributed by atoms with van der Waals surface area (Å²) in [6, 6.07) is 9.15. The third kappa shape index (κ3) is 3.74. The molecule has 2 nitrogen and oxygen atoms in total. The van der Waals surface area contributed by atoms with Gasteiger partial charge in [0.25, 0.3) is 0 Å². The lowest BCUT2D eigenvalue weighted by Crippen LogP contribution is -2.19. The number of benzene rings is 1. The molecular formula is C16H25NO. The molecule has 1 unspecified atom stereocenters. The van der Waals surface area contributed by atoms with Gasteiger partial charge in [-0.2, -0.15) is 0 Å². The van der Waals surface area contributed by atoms with Gasteiger partial charge in [-0.3, -0.25) is 0 Å². The van der Waals surface area contributed by atoms with Crippen LogP contribution in [0.2, 0.25) is 0 Å². The third-order valence-corrected chi connectivity index (χ3v) is 3.76. The SMILES string of the molecule is CCCCOc1ccc(CNC2CC2(C)C)cc1. The second-order valence-corrected chi connectivity index (χ2v) is 5.97. The average molecular weight is 247 g/mol. The lowest BCUT2D eigenvalue weighted by molar-refractivity contribution is 0.309. The zero-order valence-corrected chi connectivity index (χ0v) is 11.8. The summed E-state index contributed by atoms with van der Waals surface area (Å²) >= 11 is 0. The van der Waals surface area contributed by atoms with Crippen molar-refractivity contribution < 1.29 is 4.74 Å². The van der Waals surface area contributed by atoms with Gasteiger partial charge >= 0.3 is 0 Å². The fraction of sp³-hybridized carbons (Fsp3) is 0.625. The first-order valence-corrected chi connectivity index (χ1v) is 7.07. The molecule has 0 amide bonds. The monoisotopic (exact) mass is 247 g/mol. The van der Waals surface area contributed by atoms with E-state index in [2.05, 4.69) is 50.4 Å². The minimum absolute atomic E-state index is 0.503. The van der Waals surface area contributed by atoms with Gasteiger partial charge in [-0.15, -0.1) is 0 Å². The van der Waals surface area contributed by atoms with Crippen molar-refractivity contribution in [2.24, 2.45) is 5.41 Å². The van der Waals surface area contributed by atoms with Gasteiger partial charge < -0.3 is 10.1 Å². The molecule has 2 rings (SSSR count). The average Bonchev–Trinajstić information content (AvgIpc) is 2.96. The summed E-state index contributed by atoms with van der Waals surface area (Å²) in [7, 11) is 0. The number of rotatable bonds is 7. The van der Waals surface area contributed by atoms with Crippen LogP contribution >= 0.6 is 0 Å². The fourth-order valence-corrected chi connectivity index (χ4v) is 2.09. The van der Waals surface area contributed by atoms with Gasteiger partial charge in [0.05, 0.1) is 6.61 Å². The zero-order chi connectivity index (χ0) is 13.0. The van der Waals surface area contributed by atoms with Crippen LogP contribution in [0.25, 0.3) is 0 Å². The van der Waals surface area contributed by atoms with E-state index < -0.39 is 0 Å². The Bertz CT molecular complexity index is 369. The Balaban J connectivity index is 1.73. The molecule has 0 heterocycles. The predicted octanol–water partition coefficient (Wildman–Crippen LogP) is 3.75. The molecule has 0 aliphatic heterocycles. The number of ether oxygens (including phenoxy) is 1. The maximum Gasteiger partial charge on any atom is 0.119 e. The van der Waals surface area contributed by atoms with Gasteiger partial charge in [-0.25, -0.2) is 0 Å². The summed E-state index contributed by atoms with van der Waals surface area (Å²) in [5.41, 5.74) is 1.84. The third-order valence-electron chi connectivity index (χ3n) is 3.76. The highest BCUT2D eigenvalue weighted by molar-refractivity contribution is 5.27. The van der Waals surface area contributed by atoms with E-state index in [0.717, 1.165) is 25.3 Å². The maximum atomic E-state index is 5.65. The molecule has 1 aliphatic carbocycles. The zero-order valence-electron chi connectivity index (χ0n) is 11.8. The van der Waals surface area contributed by atoms with Gasteiger partial charge in [0.1, 0.15) is 5.75 Å². The van der Waals surface area contributed by atoms with E-state index in [-0.39, 0.29) is 0 Å². The summed E-state index contributed by atoms with van der Waals surface area (Å²) in [6.45, 7) is 8.59. The van der Waals surface area contributed by atoms with Crippen molar-refractivity contribution >= 4 is 0 Å². The second-order valence-electron chi connectivity index (χ2n) is 5.97. The van der Waals surface area contributed by atoms with Gasteiger partial charge in [0.15, 0.2) is 0 Å². The van der Waals surface area contributed by atoms with Crippen molar-refractivity contribution in [1.82, 2.24) is 5.32 Å². The van der Waals surface area contributed by atoms with Crippen molar-refractivity contribution in [3.05, 3.63) is 29.8 Å². The summed E-state index contributed by atoms with van der Waals surface area (Å²) < 4.78 is 5.65. The minimum atomic E-state index is 0.503. The van der Waals surface area contributed by atoms with Crippen LogP contribution in [0, 0.1) is 5.41 Å². The van der Waals surface area contributed by atoms with E-state index in [1.165, 1.54) is 18.4 Å². The highest BCUT2D eigenvalue weighted by Gasteiger charge is 2.44. The maximum absolute atomic E-state index is 5.65. The molecule has 1 aliphatic rings. The predicted molar refractivity (Wildman–Crippen MR) is 75.9 cm³/mol. The first kappa shape index (κ1) is 13.4. The van der Waals surface area contributed by atoms with Crippen molar-refractivity contribution in [3.63, 3.8) is 0 Å². The van der Waals surface area contributed by atoms with Crippen molar-refractivity contribution in [2.45, 2.75) is 52.6 Å².